The van der Waals surface area contributed by atoms with Crippen molar-refractivity contribution in [2.45, 2.75) is 26.2 Å². The van der Waals surface area contributed by atoms with Gasteiger partial charge in [0.2, 0.25) is 0 Å². The lowest BCUT2D eigenvalue weighted by molar-refractivity contribution is 0.0697. The van der Waals surface area contributed by atoms with Gasteiger partial charge in [0.05, 0.1) is 0 Å². The second kappa shape index (κ2) is 5.57. The number of aromatic carboxylic acids is 1. The van der Waals surface area contributed by atoms with Crippen LogP contribution in [-0.4, -0.2) is 29.1 Å². The van der Waals surface area contributed by atoms with Gasteiger partial charge in [0.15, 0.2) is 0 Å². The molecule has 1 heterocycles. The molecule has 1 aliphatic rings. The van der Waals surface area contributed by atoms with E-state index < -0.39 is 5.97 Å². The smallest absolute Gasteiger partial charge is 0.339 e. The van der Waals surface area contributed by atoms with Gasteiger partial charge in [0.1, 0.15) is 16.5 Å². The molecule has 2 rings (SSSR count). The number of pyridine rings is 1. The first-order valence-electron chi connectivity index (χ1n) is 6.26. The molecule has 0 spiro atoms. The van der Waals surface area contributed by atoms with Crippen LogP contribution in [-0.2, 0) is 0 Å². The Bertz CT molecular complexity index is 447. The van der Waals surface area contributed by atoms with Crippen molar-refractivity contribution >= 4 is 23.4 Å². The summed E-state index contributed by atoms with van der Waals surface area (Å²) in [6.07, 6.45) is 3.41. The van der Waals surface area contributed by atoms with Crippen molar-refractivity contribution in [1.82, 2.24) is 4.98 Å². The van der Waals surface area contributed by atoms with E-state index in [0.717, 1.165) is 19.5 Å². The molecule has 0 saturated heterocycles. The van der Waals surface area contributed by atoms with Crippen molar-refractivity contribution in [3.05, 3.63) is 22.8 Å². The van der Waals surface area contributed by atoms with Crippen molar-refractivity contribution in [3.8, 4) is 0 Å². The minimum Gasteiger partial charge on any atom is -0.478 e. The Morgan fingerprint density at radius 2 is 2.28 bits per heavy atom. The predicted octanol–water partition coefficient (Wildman–Crippen LogP) is 3.06. The molecule has 0 amide bonds. The molecule has 0 radical (unpaired) electrons. The first-order valence-corrected chi connectivity index (χ1v) is 6.64. The monoisotopic (exact) mass is 268 g/mol. The zero-order chi connectivity index (χ0) is 13.1. The van der Waals surface area contributed by atoms with E-state index in [1.54, 1.807) is 0 Å². The normalized spacial score (nSPS) is 14.6. The summed E-state index contributed by atoms with van der Waals surface area (Å²) < 4.78 is 0. The third-order valence-electron chi connectivity index (χ3n) is 3.04. The summed E-state index contributed by atoms with van der Waals surface area (Å²) in [5, 5.41) is 9.55. The predicted molar refractivity (Wildman–Crippen MR) is 71.4 cm³/mol. The van der Waals surface area contributed by atoms with Gasteiger partial charge in [0, 0.05) is 13.1 Å². The van der Waals surface area contributed by atoms with Crippen molar-refractivity contribution < 1.29 is 9.90 Å². The molecule has 1 aliphatic carbocycles. The highest BCUT2D eigenvalue weighted by Crippen LogP contribution is 2.32. The lowest BCUT2D eigenvalue weighted by Gasteiger charge is -2.24. The van der Waals surface area contributed by atoms with Crippen LogP contribution in [0.3, 0.4) is 0 Å². The van der Waals surface area contributed by atoms with Crippen molar-refractivity contribution in [3.63, 3.8) is 0 Å². The molecule has 0 unspecified atom stereocenters. The highest BCUT2D eigenvalue weighted by atomic mass is 35.5. The number of carbonyl (C=O) groups is 1. The van der Waals surface area contributed by atoms with Gasteiger partial charge in [-0.15, -0.1) is 0 Å². The number of hydrogen-bond acceptors (Lipinski definition) is 3. The van der Waals surface area contributed by atoms with Crippen LogP contribution in [0.15, 0.2) is 12.1 Å². The minimum atomic E-state index is -0.953. The summed E-state index contributed by atoms with van der Waals surface area (Å²) in [7, 11) is 0. The fraction of sp³-hybridized carbons (Fsp3) is 0.538. The largest absolute Gasteiger partial charge is 0.478 e. The maximum atomic E-state index is 11.2. The average Bonchev–Trinajstić information content (AvgIpc) is 3.12. The molecule has 18 heavy (non-hydrogen) atoms. The molecule has 0 atom stereocenters. The second-order valence-corrected chi connectivity index (χ2v) is 5.09. The summed E-state index contributed by atoms with van der Waals surface area (Å²) in [6.45, 7) is 3.76. The second-order valence-electron chi connectivity index (χ2n) is 4.70. The molecule has 0 aromatic carbocycles. The van der Waals surface area contributed by atoms with E-state index in [9.17, 15) is 9.90 Å². The number of carboxylic acids is 1. The Morgan fingerprint density at radius 1 is 1.56 bits per heavy atom. The number of rotatable bonds is 6. The van der Waals surface area contributed by atoms with Gasteiger partial charge in [-0.25, -0.2) is 9.78 Å². The number of carboxylic acid groups (broad SMARTS) is 1. The summed E-state index contributed by atoms with van der Waals surface area (Å²) in [4.78, 5) is 17.5. The van der Waals surface area contributed by atoms with Crippen LogP contribution in [0.25, 0.3) is 0 Å². The van der Waals surface area contributed by atoms with Gasteiger partial charge in [-0.3, -0.25) is 0 Å². The number of anilines is 1. The Morgan fingerprint density at radius 3 is 2.83 bits per heavy atom. The summed E-state index contributed by atoms with van der Waals surface area (Å²) in [5.41, 5.74) is 0.230. The van der Waals surface area contributed by atoms with Crippen molar-refractivity contribution in [1.29, 1.82) is 0 Å². The summed E-state index contributed by atoms with van der Waals surface area (Å²) in [5.74, 6) is 0.230. The Labute approximate surface area is 112 Å². The van der Waals surface area contributed by atoms with E-state index in [0.29, 0.717) is 16.9 Å². The highest BCUT2D eigenvalue weighted by Gasteiger charge is 2.26. The third kappa shape index (κ3) is 3.13. The molecule has 1 aromatic rings. The van der Waals surface area contributed by atoms with E-state index in [2.05, 4.69) is 11.9 Å². The van der Waals surface area contributed by atoms with Crippen molar-refractivity contribution in [2.24, 2.45) is 5.92 Å². The Balaban J connectivity index is 2.30. The van der Waals surface area contributed by atoms with Crippen LogP contribution < -0.4 is 4.90 Å². The summed E-state index contributed by atoms with van der Waals surface area (Å²) in [6, 6.07) is 3.05. The first kappa shape index (κ1) is 13.1. The van der Waals surface area contributed by atoms with Gasteiger partial charge in [0.25, 0.3) is 0 Å². The number of hydrogen-bond donors (Lipinski definition) is 1. The van der Waals surface area contributed by atoms with Gasteiger partial charge in [-0.1, -0.05) is 18.5 Å². The minimum absolute atomic E-state index is 0.230. The van der Waals surface area contributed by atoms with Crippen LogP contribution in [0.1, 0.15) is 36.5 Å². The van der Waals surface area contributed by atoms with Gasteiger partial charge >= 0.3 is 5.97 Å². The lowest BCUT2D eigenvalue weighted by atomic mass is 10.2. The van der Waals surface area contributed by atoms with E-state index in [-0.39, 0.29) is 5.56 Å². The zero-order valence-electron chi connectivity index (χ0n) is 10.4. The average molecular weight is 269 g/mol. The van der Waals surface area contributed by atoms with Crippen LogP contribution >= 0.6 is 11.6 Å². The first-order chi connectivity index (χ1) is 8.61. The third-order valence-corrected chi connectivity index (χ3v) is 3.25. The maximum absolute atomic E-state index is 11.2. The van der Waals surface area contributed by atoms with Crippen molar-refractivity contribution in [2.75, 3.05) is 18.0 Å². The Hall–Kier alpha value is -1.29. The van der Waals surface area contributed by atoms with Crippen LogP contribution in [0.2, 0.25) is 5.15 Å². The number of aromatic nitrogens is 1. The Kier molecular flexibility index (Phi) is 4.07. The molecule has 0 bridgehead atoms. The fourth-order valence-electron chi connectivity index (χ4n) is 2.00. The quantitative estimate of drug-likeness (QED) is 0.806. The zero-order valence-corrected chi connectivity index (χ0v) is 11.2. The molecule has 1 saturated carbocycles. The molecule has 98 valence electrons. The number of nitrogens with zero attached hydrogens (tertiary/aromatic N) is 2. The van der Waals surface area contributed by atoms with Gasteiger partial charge in [-0.05, 0) is 37.3 Å². The van der Waals surface area contributed by atoms with E-state index in [1.807, 2.05) is 4.90 Å². The molecule has 4 nitrogen and oxygen atoms in total. The van der Waals surface area contributed by atoms with Gasteiger partial charge in [-0.2, -0.15) is 0 Å². The summed E-state index contributed by atoms with van der Waals surface area (Å²) >= 11 is 5.89. The maximum Gasteiger partial charge on any atom is 0.339 e. The van der Waals surface area contributed by atoms with Crippen LogP contribution in [0.4, 0.5) is 5.82 Å². The topological polar surface area (TPSA) is 53.4 Å². The molecular weight excluding hydrogens is 252 g/mol. The van der Waals surface area contributed by atoms with Crippen LogP contribution in [0.5, 0.6) is 0 Å². The standard InChI is InChI=1S/C13H17ClN2O2/c1-2-7-16(8-9-3-4-9)12-10(13(17)18)5-6-11(14)15-12/h5-6,9H,2-4,7-8H2,1H3,(H,17,18). The molecule has 1 fully saturated rings. The highest BCUT2D eigenvalue weighted by molar-refractivity contribution is 6.29. The van der Waals surface area contributed by atoms with Crippen LogP contribution in [0, 0.1) is 5.92 Å². The van der Waals surface area contributed by atoms with Gasteiger partial charge < -0.3 is 10.0 Å². The lowest BCUT2D eigenvalue weighted by Crippen LogP contribution is -2.29. The molecule has 5 heteroatoms. The molecule has 1 aromatic heterocycles. The molecule has 1 N–H and O–H groups in total. The van der Waals surface area contributed by atoms with E-state index in [1.165, 1.54) is 25.0 Å². The van der Waals surface area contributed by atoms with E-state index in [4.69, 9.17) is 11.6 Å². The van der Waals surface area contributed by atoms with E-state index >= 15 is 0 Å². The molecule has 0 aliphatic heterocycles. The SMILES string of the molecule is CCCN(CC1CC1)c1nc(Cl)ccc1C(=O)O. The number of halogens is 1. The fourth-order valence-corrected chi connectivity index (χ4v) is 2.14. The molecular formula is C13H17ClN2O2.